The van der Waals surface area contributed by atoms with Gasteiger partial charge in [-0.2, -0.15) is 0 Å². The Hall–Kier alpha value is -12.6. The van der Waals surface area contributed by atoms with Crippen LogP contribution in [0.4, 0.5) is 34.1 Å². The van der Waals surface area contributed by atoms with E-state index < -0.39 is 11.9 Å². The standard InChI is InChI=1S/C25H37NO4.C23H33NO2.C22H33NO.C18H25NO2.C17H23NO2.C12H15NO2/c1-19(2)9-7-10-20(3)11-8-12-21(4)15-16-26-23-17-22(25(27)29-6)13-14-24(23)30-18-28-5;1-18(2)9-6-10-19(3)11-7-12-20(4)15-16-24-22-14-8-13-21(17-22)23(25)26-5;1-18(2)10-8-11-19(3)12-9-13-20(4)16-17-23-21-14-6-7-15-22(21)24-5;1-14(2)7-5-8-15(3)11-12-19-17-10-6-9-16(13-17)18(20)21-4;1-13(2)6-4-7-14(3)10-11-18-16-9-5-8-15(12-16)17(19)20;1-9(2)6-7-13-11-5-3-4-10(8-11)12(14)15/h9,11,13-15,17,26H,7-8,10,12,16,18H2,1-6H3;8-9,11,13-15,17,24H,6-7,10,12,16H2,1-5H3;6-7,10,12,14-16,23H,8-9,11,13,17H2,1-5H3;6-7,9-11,13,19H,5,8,12H2,1-4H3;5-6,8-10,12,18H,4,7,11H2,1-3H3,(H,19,20);3-6,8,13H,7H2,1-2H3,(H,14,15)/b20-11+,21-15+;19-11+,20-15+;19-12+,20-16+;15-11+;14-10+;. The van der Waals surface area contributed by atoms with E-state index in [-0.39, 0.29) is 24.7 Å². The molecule has 742 valence electrons. The number of ether oxygens (including phenoxy) is 6. The van der Waals surface area contributed by atoms with Gasteiger partial charge < -0.3 is 70.5 Å². The number of methoxy groups -OCH3 is 5. The van der Waals surface area contributed by atoms with Crippen molar-refractivity contribution in [2.45, 2.75) is 241 Å². The Balaban J connectivity index is 0.000000825. The van der Waals surface area contributed by atoms with Crippen molar-refractivity contribution in [3.05, 3.63) is 330 Å². The van der Waals surface area contributed by atoms with Crippen LogP contribution in [0.5, 0.6) is 11.5 Å². The van der Waals surface area contributed by atoms with Gasteiger partial charge in [-0.15, -0.1) is 0 Å². The zero-order valence-electron chi connectivity index (χ0n) is 87.0. The molecule has 0 aliphatic rings. The Labute approximate surface area is 818 Å². The number of anilines is 6. The van der Waals surface area contributed by atoms with Gasteiger partial charge >= 0.3 is 29.8 Å². The molecular weight excluding hydrogens is 1700 g/mol. The maximum absolute atomic E-state index is 11.8. The third-order valence-corrected chi connectivity index (χ3v) is 20.7. The number of rotatable bonds is 51. The molecule has 0 aromatic heterocycles. The number of benzene rings is 6. The fourth-order valence-corrected chi connectivity index (χ4v) is 12.7. The van der Waals surface area contributed by atoms with Crippen LogP contribution < -0.4 is 41.4 Å². The smallest absolute Gasteiger partial charge is 0.337 e. The Bertz CT molecular complexity index is 5010. The second-order valence-corrected chi connectivity index (χ2v) is 35.1. The van der Waals surface area contributed by atoms with Crippen molar-refractivity contribution in [1.82, 2.24) is 0 Å². The summed E-state index contributed by atoms with van der Waals surface area (Å²) < 4.78 is 30.2. The third kappa shape index (κ3) is 62.8. The molecule has 19 heteroatoms. The van der Waals surface area contributed by atoms with Crippen molar-refractivity contribution < 1.29 is 62.6 Å². The van der Waals surface area contributed by atoms with Crippen LogP contribution in [-0.2, 0) is 18.9 Å². The van der Waals surface area contributed by atoms with Crippen LogP contribution in [0.1, 0.15) is 293 Å². The van der Waals surface area contributed by atoms with E-state index in [1.54, 1.807) is 87.0 Å². The molecule has 8 N–H and O–H groups in total. The van der Waals surface area contributed by atoms with Crippen LogP contribution in [0, 0.1) is 0 Å². The number of esters is 3. The number of nitrogens with one attached hydrogen (secondary N) is 6. The molecule has 0 radical (unpaired) electrons. The first kappa shape index (κ1) is 121. The lowest BCUT2D eigenvalue weighted by Gasteiger charge is -2.13. The number of allylic oxidation sites excluding steroid dienone is 22. The van der Waals surface area contributed by atoms with E-state index in [9.17, 15) is 24.0 Å². The molecule has 19 nitrogen and oxygen atoms in total. The van der Waals surface area contributed by atoms with Crippen molar-refractivity contribution in [1.29, 1.82) is 0 Å². The summed E-state index contributed by atoms with van der Waals surface area (Å²) in [6.07, 6.45) is 49.1. The summed E-state index contributed by atoms with van der Waals surface area (Å²) in [5.41, 5.74) is 26.8. The molecule has 6 rings (SSSR count). The van der Waals surface area contributed by atoms with Crippen LogP contribution in [0.3, 0.4) is 0 Å². The van der Waals surface area contributed by atoms with Gasteiger partial charge in [0.1, 0.15) is 11.5 Å². The largest absolute Gasteiger partial charge is 0.495 e. The lowest BCUT2D eigenvalue weighted by molar-refractivity contribution is 0.0515. The maximum Gasteiger partial charge on any atom is 0.337 e. The minimum atomic E-state index is -0.902. The fourth-order valence-electron chi connectivity index (χ4n) is 12.7. The van der Waals surface area contributed by atoms with E-state index in [2.05, 4.69) is 236 Å². The number of para-hydroxylation sites is 2. The zero-order valence-corrected chi connectivity index (χ0v) is 87.0. The molecule has 0 aliphatic heterocycles. The molecule has 0 spiro atoms. The lowest BCUT2D eigenvalue weighted by Crippen LogP contribution is -2.08. The van der Waals surface area contributed by atoms with Crippen LogP contribution >= 0.6 is 0 Å². The van der Waals surface area contributed by atoms with E-state index in [1.807, 2.05) is 86.7 Å². The van der Waals surface area contributed by atoms with Crippen molar-refractivity contribution in [2.75, 3.05) is 114 Å². The van der Waals surface area contributed by atoms with Gasteiger partial charge in [-0.1, -0.05) is 199 Å². The second kappa shape index (κ2) is 74.7. The number of hydrogen-bond donors (Lipinski definition) is 8. The highest BCUT2D eigenvalue weighted by Gasteiger charge is 2.13. The summed E-state index contributed by atoms with van der Waals surface area (Å²) >= 11 is 0. The average molecular weight is 1860 g/mol. The second-order valence-electron chi connectivity index (χ2n) is 35.1. The summed E-state index contributed by atoms with van der Waals surface area (Å²) in [6, 6.07) is 41.5. The summed E-state index contributed by atoms with van der Waals surface area (Å²) in [4.78, 5) is 56.4. The predicted molar refractivity (Wildman–Crippen MR) is 577 cm³/mol. The molecule has 6 aromatic carbocycles. The maximum atomic E-state index is 11.8. The fraction of sp³-hybridized carbons (Fsp3) is 0.410. The molecule has 0 fully saturated rings. The monoisotopic (exact) mass is 1860 g/mol. The van der Waals surface area contributed by atoms with Gasteiger partial charge in [0.25, 0.3) is 0 Å². The average Bonchev–Trinajstić information content (AvgIpc) is 0.830. The number of aromatic carboxylic acids is 2. The summed E-state index contributed by atoms with van der Waals surface area (Å²) in [5.74, 6) is -1.29. The molecule has 0 amide bonds. The minimum absolute atomic E-state index is 0.139. The Morgan fingerprint density at radius 1 is 0.257 bits per heavy atom. The highest BCUT2D eigenvalue weighted by atomic mass is 16.7. The van der Waals surface area contributed by atoms with Crippen molar-refractivity contribution >= 4 is 64.0 Å². The molecule has 0 heterocycles. The minimum Gasteiger partial charge on any atom is -0.495 e. The number of carbonyl (C=O) groups is 5. The van der Waals surface area contributed by atoms with Gasteiger partial charge in [0.15, 0.2) is 6.79 Å². The molecule has 136 heavy (non-hydrogen) atoms. The number of hydrogen-bond acceptors (Lipinski definition) is 17. The van der Waals surface area contributed by atoms with E-state index in [4.69, 9.17) is 38.6 Å². The number of carboxylic acids is 2. The Morgan fingerprint density at radius 2 is 0.515 bits per heavy atom. The van der Waals surface area contributed by atoms with E-state index in [0.717, 1.165) is 156 Å². The molecular formula is C117H166N6O13. The summed E-state index contributed by atoms with van der Waals surface area (Å²) in [7, 11) is 7.43. The molecule has 0 saturated carbocycles. The van der Waals surface area contributed by atoms with Gasteiger partial charge in [-0.25, -0.2) is 24.0 Å². The third-order valence-electron chi connectivity index (χ3n) is 20.7. The SMILES string of the molecule is CC(C)=CCC/C(C)=C/CNc1cccc(C(=O)O)c1.CC(C)=CCNc1cccc(C(=O)O)c1.COC(=O)c1cccc(NC/C=C(\C)CC/C=C(\C)CCC=C(C)C)c1.COC(=O)c1cccc(NC/C=C(\C)CCC=C(C)C)c1.COCOc1ccc(C(=O)OC)cc1NC/C=C(\C)CC/C=C(\C)CCC=C(C)C.COc1ccccc1NC/C=C(\C)CC/C=C(\C)CCC=C(C)C. The first-order valence-electron chi connectivity index (χ1n) is 47.4. The van der Waals surface area contributed by atoms with Crippen LogP contribution in [-0.4, -0.2) is 122 Å². The normalized spacial score (nSPS) is 11.4. The Morgan fingerprint density at radius 3 is 0.801 bits per heavy atom. The van der Waals surface area contributed by atoms with Gasteiger partial charge in [-0.05, 0) is 344 Å². The highest BCUT2D eigenvalue weighted by molar-refractivity contribution is 5.92. The zero-order chi connectivity index (χ0) is 101. The van der Waals surface area contributed by atoms with Crippen molar-refractivity contribution in [3.8, 4) is 11.5 Å². The van der Waals surface area contributed by atoms with Crippen molar-refractivity contribution in [3.63, 3.8) is 0 Å². The van der Waals surface area contributed by atoms with E-state index in [0.29, 0.717) is 53.2 Å². The molecule has 0 atom stereocenters. The summed E-state index contributed by atoms with van der Waals surface area (Å²) in [6.45, 7) is 47.4. The van der Waals surface area contributed by atoms with Gasteiger partial charge in [-0.3, -0.25) is 0 Å². The topological polar surface area (TPSA) is 253 Å². The first-order chi connectivity index (χ1) is 64.9. The lowest BCUT2D eigenvalue weighted by atomic mass is 10.1. The molecule has 0 aliphatic carbocycles. The van der Waals surface area contributed by atoms with Crippen LogP contribution in [0.2, 0.25) is 0 Å². The van der Waals surface area contributed by atoms with Crippen LogP contribution in [0.25, 0.3) is 0 Å². The van der Waals surface area contributed by atoms with Gasteiger partial charge in [0.05, 0.1) is 67.6 Å². The number of carboxylic acid groups (broad SMARTS) is 2. The van der Waals surface area contributed by atoms with E-state index in [1.165, 1.54) is 106 Å². The molecule has 6 aromatic rings. The predicted octanol–water partition coefficient (Wildman–Crippen LogP) is 30.9. The van der Waals surface area contributed by atoms with Gasteiger partial charge in [0.2, 0.25) is 0 Å². The van der Waals surface area contributed by atoms with Gasteiger partial charge in [0, 0.05) is 69.1 Å². The molecule has 0 saturated heterocycles. The first-order valence-corrected chi connectivity index (χ1v) is 47.4. The van der Waals surface area contributed by atoms with E-state index >= 15 is 0 Å². The Kier molecular flexibility index (Phi) is 66.7. The van der Waals surface area contributed by atoms with Crippen LogP contribution in [0.15, 0.2) is 303 Å². The quantitative estimate of drug-likeness (QED) is 0.00765. The molecule has 0 bridgehead atoms. The molecule has 0 unspecified atom stereocenters. The van der Waals surface area contributed by atoms with Crippen molar-refractivity contribution in [2.24, 2.45) is 0 Å². The summed E-state index contributed by atoms with van der Waals surface area (Å²) in [5, 5.41) is 37.4. The highest BCUT2D eigenvalue weighted by Crippen LogP contribution is 2.28. The number of carbonyl (C=O) groups excluding carboxylic acids is 3.